The molecule has 0 aliphatic carbocycles. The maximum absolute atomic E-state index is 11.2. The van der Waals surface area contributed by atoms with Crippen molar-refractivity contribution in [2.24, 2.45) is 0 Å². The zero-order chi connectivity index (χ0) is 10.0. The zero-order valence-corrected chi connectivity index (χ0v) is 6.37. The predicted molar refractivity (Wildman–Crippen MR) is 43.1 cm³/mol. The van der Waals surface area contributed by atoms with Gasteiger partial charge < -0.3 is 15.8 Å². The van der Waals surface area contributed by atoms with Crippen LogP contribution in [-0.4, -0.2) is 16.1 Å². The minimum atomic E-state index is -1.39. The van der Waals surface area contributed by atoms with E-state index < -0.39 is 17.0 Å². The molecule has 4 N–H and O–H groups in total. The van der Waals surface area contributed by atoms with Crippen LogP contribution in [0.3, 0.4) is 0 Å². The van der Waals surface area contributed by atoms with E-state index in [0.717, 1.165) is 6.20 Å². The number of carboxylic acid groups (broad SMARTS) is 1. The van der Waals surface area contributed by atoms with E-state index in [1.807, 2.05) is 0 Å². The summed E-state index contributed by atoms with van der Waals surface area (Å²) in [6.07, 6.45) is 0.959. The molecule has 1 aromatic heterocycles. The summed E-state index contributed by atoms with van der Waals surface area (Å²) >= 11 is 0. The van der Waals surface area contributed by atoms with E-state index >= 15 is 0 Å². The van der Waals surface area contributed by atoms with E-state index in [-0.39, 0.29) is 11.4 Å². The van der Waals surface area contributed by atoms with Crippen molar-refractivity contribution in [3.05, 3.63) is 27.5 Å². The van der Waals surface area contributed by atoms with Crippen molar-refractivity contribution in [1.82, 2.24) is 4.98 Å². The molecular weight excluding hydrogens is 174 g/mol. The number of hydrogen-bond donors (Lipinski definition) is 3. The second-order valence-electron chi connectivity index (χ2n) is 2.24. The fourth-order valence-electron chi connectivity index (χ4n) is 0.814. The molecule has 0 saturated heterocycles. The van der Waals surface area contributed by atoms with Gasteiger partial charge in [-0.15, -0.1) is 0 Å². The van der Waals surface area contributed by atoms with Gasteiger partial charge in [0, 0.05) is 6.20 Å². The maximum Gasteiger partial charge on any atom is 0.341 e. The molecule has 0 fully saturated rings. The number of H-pyrrole nitrogens is 1. The highest BCUT2D eigenvalue weighted by Gasteiger charge is 2.13. The molecule has 1 rings (SSSR count). The van der Waals surface area contributed by atoms with E-state index in [2.05, 4.69) is 4.98 Å². The van der Waals surface area contributed by atoms with Gasteiger partial charge >= 0.3 is 5.97 Å². The first-order valence-electron chi connectivity index (χ1n) is 3.22. The number of aromatic nitrogens is 1. The van der Waals surface area contributed by atoms with Gasteiger partial charge in [0.15, 0.2) is 0 Å². The number of aromatic amines is 1. The Morgan fingerprint density at radius 3 is 2.77 bits per heavy atom. The number of nitrogens with one attached hydrogen (secondary N) is 1. The summed E-state index contributed by atoms with van der Waals surface area (Å²) in [6, 6.07) is 1.53. The van der Waals surface area contributed by atoms with Gasteiger partial charge in [0.2, 0.25) is 5.43 Å². The SMILES string of the molecule is N#Cc1c(N)[nH]cc(C(=O)O)c1=O. The second kappa shape index (κ2) is 2.98. The molecule has 66 valence electrons. The fourth-order valence-corrected chi connectivity index (χ4v) is 0.814. The van der Waals surface area contributed by atoms with E-state index in [0.29, 0.717) is 0 Å². The summed E-state index contributed by atoms with van der Waals surface area (Å²) in [7, 11) is 0. The molecule has 6 nitrogen and oxygen atoms in total. The van der Waals surface area contributed by atoms with Crippen molar-refractivity contribution in [3.8, 4) is 6.07 Å². The molecule has 0 saturated carbocycles. The first kappa shape index (κ1) is 8.80. The van der Waals surface area contributed by atoms with Crippen molar-refractivity contribution in [2.45, 2.75) is 0 Å². The number of anilines is 1. The zero-order valence-electron chi connectivity index (χ0n) is 6.37. The minimum Gasteiger partial charge on any atom is -0.477 e. The first-order valence-corrected chi connectivity index (χ1v) is 3.22. The third-order valence-electron chi connectivity index (χ3n) is 1.46. The first-order chi connectivity index (χ1) is 6.07. The number of carbonyl (C=O) groups is 1. The van der Waals surface area contributed by atoms with E-state index in [1.165, 1.54) is 6.07 Å². The maximum atomic E-state index is 11.2. The predicted octanol–water partition coefficient (Wildman–Crippen LogP) is -0.473. The second-order valence-corrected chi connectivity index (χ2v) is 2.24. The number of aromatic carboxylic acids is 1. The van der Waals surface area contributed by atoms with Gasteiger partial charge in [-0.2, -0.15) is 5.26 Å². The monoisotopic (exact) mass is 179 g/mol. The standard InChI is InChI=1S/C7H5N3O3/c8-1-3-5(11)4(7(12)13)2-10-6(3)9/h2H,(H,12,13)(H3,9,10,11). The summed E-state index contributed by atoms with van der Waals surface area (Å²) in [4.78, 5) is 23.9. The van der Waals surface area contributed by atoms with Crippen LogP contribution in [-0.2, 0) is 0 Å². The number of nitrogen functional groups attached to an aromatic ring is 1. The summed E-state index contributed by atoms with van der Waals surface area (Å²) < 4.78 is 0. The lowest BCUT2D eigenvalue weighted by Crippen LogP contribution is -2.19. The highest BCUT2D eigenvalue weighted by Crippen LogP contribution is 2.01. The average Bonchev–Trinajstić information content (AvgIpc) is 2.04. The lowest BCUT2D eigenvalue weighted by Gasteiger charge is -1.97. The Hall–Kier alpha value is -2.29. The van der Waals surface area contributed by atoms with Gasteiger partial charge in [0.1, 0.15) is 23.0 Å². The molecule has 0 aromatic carbocycles. The number of carboxylic acids is 1. The van der Waals surface area contributed by atoms with Crippen molar-refractivity contribution < 1.29 is 9.90 Å². The van der Waals surface area contributed by atoms with Crippen molar-refractivity contribution >= 4 is 11.8 Å². The fraction of sp³-hybridized carbons (Fsp3) is 0. The number of nitriles is 1. The molecule has 0 bridgehead atoms. The van der Waals surface area contributed by atoms with Gasteiger partial charge in [0.25, 0.3) is 0 Å². The Labute approximate surface area is 72.2 Å². The third-order valence-corrected chi connectivity index (χ3v) is 1.46. The molecule has 0 radical (unpaired) electrons. The summed E-state index contributed by atoms with van der Waals surface area (Å²) in [6.45, 7) is 0. The number of pyridine rings is 1. The smallest absolute Gasteiger partial charge is 0.341 e. The van der Waals surface area contributed by atoms with Crippen molar-refractivity contribution in [2.75, 3.05) is 5.73 Å². The van der Waals surface area contributed by atoms with Crippen LogP contribution in [0.25, 0.3) is 0 Å². The van der Waals surface area contributed by atoms with Crippen LogP contribution in [0, 0.1) is 11.3 Å². The van der Waals surface area contributed by atoms with Gasteiger partial charge in [-0.3, -0.25) is 4.79 Å². The number of nitrogens with zero attached hydrogens (tertiary/aromatic N) is 1. The Bertz CT molecular complexity index is 455. The third kappa shape index (κ3) is 1.35. The Balaban J connectivity index is 3.57. The van der Waals surface area contributed by atoms with Gasteiger partial charge in [0.05, 0.1) is 0 Å². The van der Waals surface area contributed by atoms with Crippen molar-refractivity contribution in [1.29, 1.82) is 5.26 Å². The van der Waals surface area contributed by atoms with Crippen LogP contribution in [0.15, 0.2) is 11.0 Å². The molecule has 0 unspecified atom stereocenters. The lowest BCUT2D eigenvalue weighted by molar-refractivity contribution is 0.0695. The quantitative estimate of drug-likeness (QED) is 0.538. The van der Waals surface area contributed by atoms with Crippen LogP contribution in [0.1, 0.15) is 15.9 Å². The van der Waals surface area contributed by atoms with Crippen LogP contribution < -0.4 is 11.2 Å². The molecule has 0 aliphatic heterocycles. The Morgan fingerprint density at radius 2 is 2.31 bits per heavy atom. The Morgan fingerprint density at radius 1 is 1.69 bits per heavy atom. The molecule has 13 heavy (non-hydrogen) atoms. The normalized spacial score (nSPS) is 9.15. The van der Waals surface area contributed by atoms with Crippen LogP contribution in [0.4, 0.5) is 5.82 Å². The number of rotatable bonds is 1. The van der Waals surface area contributed by atoms with Crippen LogP contribution in [0.2, 0.25) is 0 Å². The topological polar surface area (TPSA) is 120 Å². The molecule has 0 aliphatic rings. The number of nitrogens with two attached hydrogens (primary N) is 1. The molecule has 0 atom stereocenters. The summed E-state index contributed by atoms with van der Waals surface area (Å²) in [5.74, 6) is -1.52. The molecule has 0 spiro atoms. The van der Waals surface area contributed by atoms with E-state index in [1.54, 1.807) is 0 Å². The minimum absolute atomic E-state index is 0.127. The highest BCUT2D eigenvalue weighted by molar-refractivity contribution is 5.88. The van der Waals surface area contributed by atoms with Gasteiger partial charge in [-0.25, -0.2) is 4.79 Å². The van der Waals surface area contributed by atoms with Crippen molar-refractivity contribution in [3.63, 3.8) is 0 Å². The average molecular weight is 179 g/mol. The highest BCUT2D eigenvalue weighted by atomic mass is 16.4. The summed E-state index contributed by atoms with van der Waals surface area (Å²) in [5.41, 5.74) is 3.49. The van der Waals surface area contributed by atoms with Crippen LogP contribution in [0.5, 0.6) is 0 Å². The summed E-state index contributed by atoms with van der Waals surface area (Å²) in [5, 5.41) is 17.0. The molecular formula is C7H5N3O3. The molecule has 1 aromatic rings. The van der Waals surface area contributed by atoms with E-state index in [4.69, 9.17) is 16.1 Å². The number of hydrogen-bond acceptors (Lipinski definition) is 4. The van der Waals surface area contributed by atoms with Crippen LogP contribution >= 0.6 is 0 Å². The molecule has 0 amide bonds. The Kier molecular flexibility index (Phi) is 2.02. The largest absolute Gasteiger partial charge is 0.477 e. The molecule has 1 heterocycles. The van der Waals surface area contributed by atoms with Gasteiger partial charge in [-0.05, 0) is 0 Å². The molecule has 6 heteroatoms. The van der Waals surface area contributed by atoms with Gasteiger partial charge in [-0.1, -0.05) is 0 Å². The van der Waals surface area contributed by atoms with E-state index in [9.17, 15) is 9.59 Å². The lowest BCUT2D eigenvalue weighted by atomic mass is 10.2.